The van der Waals surface area contributed by atoms with Crippen LogP contribution in [0.3, 0.4) is 0 Å². The lowest BCUT2D eigenvalue weighted by atomic mass is 9.84. The summed E-state index contributed by atoms with van der Waals surface area (Å²) >= 11 is 0. The van der Waals surface area contributed by atoms with Gasteiger partial charge in [0.1, 0.15) is 5.82 Å². The molecule has 1 saturated carbocycles. The van der Waals surface area contributed by atoms with Crippen LogP contribution in [-0.2, 0) is 0 Å². The van der Waals surface area contributed by atoms with Gasteiger partial charge in [0.2, 0.25) is 0 Å². The molecule has 0 spiro atoms. The van der Waals surface area contributed by atoms with Gasteiger partial charge in [-0.2, -0.15) is 0 Å². The second-order valence-corrected chi connectivity index (χ2v) is 5.58. The molecule has 0 heterocycles. The fraction of sp³-hybridized carbons (Fsp3) is 0.625. The summed E-state index contributed by atoms with van der Waals surface area (Å²) in [6, 6.07) is 7.93. The van der Waals surface area contributed by atoms with Gasteiger partial charge in [0.15, 0.2) is 0 Å². The number of hydrogen-bond donors (Lipinski definition) is 1. The van der Waals surface area contributed by atoms with Gasteiger partial charge in [0.05, 0.1) is 0 Å². The summed E-state index contributed by atoms with van der Waals surface area (Å²) in [5, 5.41) is 3.56. The van der Waals surface area contributed by atoms with Crippen molar-refractivity contribution < 1.29 is 4.39 Å². The Hall–Kier alpha value is -0.890. The van der Waals surface area contributed by atoms with Crippen LogP contribution in [-0.4, -0.2) is 12.6 Å². The molecule has 0 aliphatic heterocycles. The molecule has 1 nitrogen and oxygen atoms in total. The van der Waals surface area contributed by atoms with Gasteiger partial charge in [0.25, 0.3) is 0 Å². The van der Waals surface area contributed by atoms with Gasteiger partial charge >= 0.3 is 0 Å². The molecule has 1 N–H and O–H groups in total. The van der Waals surface area contributed by atoms with Crippen LogP contribution < -0.4 is 5.32 Å². The fourth-order valence-corrected chi connectivity index (χ4v) is 2.63. The smallest absolute Gasteiger partial charge is 0.126 e. The highest BCUT2D eigenvalue weighted by atomic mass is 19.1. The lowest BCUT2D eigenvalue weighted by Gasteiger charge is -2.25. The SMILES string of the molecule is CCCC(C)C(CNC1CC1)c1ccccc1F. The first-order valence-electron chi connectivity index (χ1n) is 7.20. The number of halogens is 1. The minimum atomic E-state index is -0.0527. The summed E-state index contributed by atoms with van der Waals surface area (Å²) in [4.78, 5) is 0. The van der Waals surface area contributed by atoms with Crippen molar-refractivity contribution in [2.24, 2.45) is 5.92 Å². The summed E-state index contributed by atoms with van der Waals surface area (Å²) < 4.78 is 14.0. The van der Waals surface area contributed by atoms with Crippen LogP contribution >= 0.6 is 0 Å². The van der Waals surface area contributed by atoms with E-state index < -0.39 is 0 Å². The third-order valence-corrected chi connectivity index (χ3v) is 3.94. The Bertz CT molecular complexity index is 373. The largest absolute Gasteiger partial charge is 0.313 e. The Morgan fingerprint density at radius 3 is 2.67 bits per heavy atom. The minimum absolute atomic E-state index is 0.0527. The van der Waals surface area contributed by atoms with Crippen LogP contribution in [0.5, 0.6) is 0 Å². The third-order valence-electron chi connectivity index (χ3n) is 3.94. The van der Waals surface area contributed by atoms with Crippen molar-refractivity contribution in [3.05, 3.63) is 35.6 Å². The van der Waals surface area contributed by atoms with E-state index in [1.807, 2.05) is 12.1 Å². The maximum Gasteiger partial charge on any atom is 0.126 e. The molecule has 1 aliphatic carbocycles. The Labute approximate surface area is 110 Å². The molecule has 0 bridgehead atoms. The van der Waals surface area contributed by atoms with E-state index in [0.717, 1.165) is 24.9 Å². The quantitative estimate of drug-likeness (QED) is 0.767. The first-order valence-corrected chi connectivity index (χ1v) is 7.20. The average molecular weight is 249 g/mol. The second-order valence-electron chi connectivity index (χ2n) is 5.58. The third kappa shape index (κ3) is 3.55. The Balaban J connectivity index is 2.08. The van der Waals surface area contributed by atoms with E-state index in [0.29, 0.717) is 17.9 Å². The van der Waals surface area contributed by atoms with Gasteiger partial charge in [0, 0.05) is 18.5 Å². The molecule has 0 saturated heterocycles. The van der Waals surface area contributed by atoms with Crippen LogP contribution in [0.15, 0.2) is 24.3 Å². The summed E-state index contributed by atoms with van der Waals surface area (Å²) in [5.74, 6) is 0.771. The molecular formula is C16H24FN. The van der Waals surface area contributed by atoms with E-state index in [9.17, 15) is 4.39 Å². The molecule has 18 heavy (non-hydrogen) atoms. The Kier molecular flexibility index (Phi) is 4.76. The number of rotatable bonds is 7. The summed E-state index contributed by atoms with van der Waals surface area (Å²) in [6.45, 7) is 5.35. The molecule has 100 valence electrons. The molecule has 1 fully saturated rings. The molecule has 2 heteroatoms. The number of nitrogens with one attached hydrogen (secondary N) is 1. The van der Waals surface area contributed by atoms with Gasteiger partial charge in [-0.25, -0.2) is 4.39 Å². The zero-order chi connectivity index (χ0) is 13.0. The number of benzene rings is 1. The zero-order valence-corrected chi connectivity index (χ0v) is 11.5. The molecule has 0 radical (unpaired) electrons. The van der Waals surface area contributed by atoms with E-state index in [4.69, 9.17) is 0 Å². The Morgan fingerprint density at radius 2 is 2.06 bits per heavy atom. The van der Waals surface area contributed by atoms with Crippen LogP contribution in [0.4, 0.5) is 4.39 Å². The fourth-order valence-electron chi connectivity index (χ4n) is 2.63. The van der Waals surface area contributed by atoms with Crippen molar-refractivity contribution in [1.29, 1.82) is 0 Å². The van der Waals surface area contributed by atoms with Crippen LogP contribution in [0.2, 0.25) is 0 Å². The van der Waals surface area contributed by atoms with Crippen molar-refractivity contribution in [2.75, 3.05) is 6.54 Å². The maximum absolute atomic E-state index is 14.0. The maximum atomic E-state index is 14.0. The van der Waals surface area contributed by atoms with Gasteiger partial charge < -0.3 is 5.32 Å². The molecule has 2 atom stereocenters. The van der Waals surface area contributed by atoms with E-state index in [2.05, 4.69) is 19.2 Å². The standard InChI is InChI=1S/C16H24FN/c1-3-6-12(2)15(11-18-13-9-10-13)14-7-4-5-8-16(14)17/h4-5,7-8,12-13,15,18H,3,6,9-11H2,1-2H3. The summed E-state index contributed by atoms with van der Waals surface area (Å²) in [6.07, 6.45) is 4.89. The molecule has 2 unspecified atom stereocenters. The molecule has 0 amide bonds. The highest BCUT2D eigenvalue weighted by molar-refractivity contribution is 5.23. The molecule has 1 aromatic carbocycles. The Morgan fingerprint density at radius 1 is 1.33 bits per heavy atom. The monoisotopic (exact) mass is 249 g/mol. The molecule has 2 rings (SSSR count). The minimum Gasteiger partial charge on any atom is -0.313 e. The highest BCUT2D eigenvalue weighted by Crippen LogP contribution is 2.30. The lowest BCUT2D eigenvalue weighted by Crippen LogP contribution is -2.27. The predicted molar refractivity (Wildman–Crippen MR) is 74.2 cm³/mol. The number of hydrogen-bond acceptors (Lipinski definition) is 1. The molecule has 1 aliphatic rings. The second kappa shape index (κ2) is 6.33. The van der Waals surface area contributed by atoms with Gasteiger partial charge in [-0.3, -0.25) is 0 Å². The highest BCUT2D eigenvalue weighted by Gasteiger charge is 2.26. The molecule has 0 aromatic heterocycles. The van der Waals surface area contributed by atoms with E-state index in [1.54, 1.807) is 12.1 Å². The van der Waals surface area contributed by atoms with Crippen molar-refractivity contribution in [2.45, 2.75) is 51.5 Å². The van der Waals surface area contributed by atoms with Crippen molar-refractivity contribution in [3.8, 4) is 0 Å². The summed E-state index contributed by atoms with van der Waals surface area (Å²) in [7, 11) is 0. The first kappa shape index (κ1) is 13.5. The predicted octanol–water partition coefficient (Wildman–Crippen LogP) is 4.10. The first-order chi connectivity index (χ1) is 8.72. The van der Waals surface area contributed by atoms with Gasteiger partial charge in [-0.1, -0.05) is 44.9 Å². The van der Waals surface area contributed by atoms with Gasteiger partial charge in [-0.05, 0) is 30.4 Å². The van der Waals surface area contributed by atoms with Crippen molar-refractivity contribution >= 4 is 0 Å². The molecule has 1 aromatic rings. The average Bonchev–Trinajstić information content (AvgIpc) is 3.16. The van der Waals surface area contributed by atoms with Crippen LogP contribution in [0.1, 0.15) is 51.0 Å². The van der Waals surface area contributed by atoms with Crippen LogP contribution in [0.25, 0.3) is 0 Å². The molecular weight excluding hydrogens is 225 g/mol. The van der Waals surface area contributed by atoms with E-state index in [1.165, 1.54) is 12.8 Å². The zero-order valence-electron chi connectivity index (χ0n) is 11.5. The van der Waals surface area contributed by atoms with Crippen molar-refractivity contribution in [3.63, 3.8) is 0 Å². The topological polar surface area (TPSA) is 12.0 Å². The van der Waals surface area contributed by atoms with E-state index >= 15 is 0 Å². The van der Waals surface area contributed by atoms with Crippen LogP contribution in [0, 0.1) is 11.7 Å². The normalized spacial score (nSPS) is 18.6. The van der Waals surface area contributed by atoms with Gasteiger partial charge in [-0.15, -0.1) is 0 Å². The summed E-state index contributed by atoms with van der Waals surface area (Å²) in [5.41, 5.74) is 0.881. The van der Waals surface area contributed by atoms with E-state index in [-0.39, 0.29) is 5.82 Å². The lowest BCUT2D eigenvalue weighted by molar-refractivity contribution is 0.391. The van der Waals surface area contributed by atoms with Crippen molar-refractivity contribution in [1.82, 2.24) is 5.32 Å².